The highest BCUT2D eigenvalue weighted by Crippen LogP contribution is 2.19. The molecule has 0 bridgehead atoms. The van der Waals surface area contributed by atoms with E-state index in [1.165, 1.54) is 0 Å². The van der Waals surface area contributed by atoms with Crippen LogP contribution in [0, 0.1) is 11.3 Å². The SMILES string of the molecule is COc1ccc(C#N)cc1CNOC(C)(C)C. The Morgan fingerprint density at radius 2 is 2.06 bits per heavy atom. The summed E-state index contributed by atoms with van der Waals surface area (Å²) < 4.78 is 5.22. The topological polar surface area (TPSA) is 54.3 Å². The highest BCUT2D eigenvalue weighted by molar-refractivity contribution is 5.41. The summed E-state index contributed by atoms with van der Waals surface area (Å²) >= 11 is 0. The molecule has 0 spiro atoms. The van der Waals surface area contributed by atoms with Crippen LogP contribution in [0.4, 0.5) is 0 Å². The molecule has 0 aliphatic heterocycles. The Hall–Kier alpha value is -1.57. The molecule has 0 aromatic heterocycles. The molecule has 1 N–H and O–H groups in total. The first-order chi connectivity index (χ1) is 7.96. The van der Waals surface area contributed by atoms with Gasteiger partial charge in [0.05, 0.1) is 24.3 Å². The molecule has 0 saturated carbocycles. The van der Waals surface area contributed by atoms with Crippen molar-refractivity contribution in [3.8, 4) is 11.8 Å². The number of hydrogen-bond donors (Lipinski definition) is 1. The lowest BCUT2D eigenvalue weighted by Crippen LogP contribution is -2.28. The summed E-state index contributed by atoms with van der Waals surface area (Å²) in [5, 5.41) is 8.84. The minimum Gasteiger partial charge on any atom is -0.496 e. The molecule has 0 unspecified atom stereocenters. The van der Waals surface area contributed by atoms with Crippen molar-refractivity contribution in [2.75, 3.05) is 7.11 Å². The van der Waals surface area contributed by atoms with Crippen molar-refractivity contribution < 1.29 is 9.57 Å². The number of benzene rings is 1. The number of hydrogen-bond acceptors (Lipinski definition) is 4. The molecule has 1 rings (SSSR count). The first kappa shape index (κ1) is 13.5. The van der Waals surface area contributed by atoms with Crippen LogP contribution < -0.4 is 10.2 Å². The standard InChI is InChI=1S/C13H18N2O2/c1-13(2,3)17-15-9-11-7-10(8-14)5-6-12(11)16-4/h5-7,15H,9H2,1-4H3. The zero-order valence-corrected chi connectivity index (χ0v) is 10.7. The van der Waals surface area contributed by atoms with Crippen LogP contribution in [0.2, 0.25) is 0 Å². The Kier molecular flexibility index (Phi) is 4.50. The van der Waals surface area contributed by atoms with E-state index >= 15 is 0 Å². The number of hydroxylamine groups is 1. The Morgan fingerprint density at radius 1 is 1.35 bits per heavy atom. The molecule has 0 aliphatic carbocycles. The second-order valence-corrected chi connectivity index (χ2v) is 4.67. The van der Waals surface area contributed by atoms with Crippen LogP contribution in [0.1, 0.15) is 31.9 Å². The van der Waals surface area contributed by atoms with Crippen molar-refractivity contribution in [2.45, 2.75) is 32.9 Å². The maximum Gasteiger partial charge on any atom is 0.123 e. The molecule has 0 amide bonds. The van der Waals surface area contributed by atoms with E-state index in [0.717, 1.165) is 11.3 Å². The summed E-state index contributed by atoms with van der Waals surface area (Å²) in [7, 11) is 1.61. The van der Waals surface area contributed by atoms with E-state index in [-0.39, 0.29) is 5.60 Å². The minimum atomic E-state index is -0.250. The number of nitriles is 1. The van der Waals surface area contributed by atoms with Gasteiger partial charge in [-0.05, 0) is 39.0 Å². The molecular formula is C13H18N2O2. The van der Waals surface area contributed by atoms with Crippen LogP contribution in [0.3, 0.4) is 0 Å². The van der Waals surface area contributed by atoms with Crippen LogP contribution >= 0.6 is 0 Å². The van der Waals surface area contributed by atoms with Crippen molar-refractivity contribution >= 4 is 0 Å². The third-order valence-corrected chi connectivity index (χ3v) is 2.05. The molecule has 1 aromatic carbocycles. The lowest BCUT2D eigenvalue weighted by Gasteiger charge is -2.20. The Morgan fingerprint density at radius 3 is 2.59 bits per heavy atom. The fraction of sp³-hybridized carbons (Fsp3) is 0.462. The molecule has 0 fully saturated rings. The van der Waals surface area contributed by atoms with Gasteiger partial charge in [-0.2, -0.15) is 10.7 Å². The van der Waals surface area contributed by atoms with Crippen LogP contribution in [-0.4, -0.2) is 12.7 Å². The third kappa shape index (κ3) is 4.43. The highest BCUT2D eigenvalue weighted by Gasteiger charge is 2.11. The molecule has 4 nitrogen and oxygen atoms in total. The maximum absolute atomic E-state index is 8.84. The summed E-state index contributed by atoms with van der Waals surface area (Å²) in [5.41, 5.74) is 4.14. The summed E-state index contributed by atoms with van der Waals surface area (Å²) in [6.45, 7) is 6.38. The van der Waals surface area contributed by atoms with Crippen molar-refractivity contribution in [3.63, 3.8) is 0 Å². The van der Waals surface area contributed by atoms with Gasteiger partial charge in [0.1, 0.15) is 5.75 Å². The zero-order chi connectivity index (χ0) is 12.9. The van der Waals surface area contributed by atoms with Gasteiger partial charge in [0.25, 0.3) is 0 Å². The van der Waals surface area contributed by atoms with Gasteiger partial charge < -0.3 is 4.74 Å². The zero-order valence-electron chi connectivity index (χ0n) is 10.7. The lowest BCUT2D eigenvalue weighted by molar-refractivity contribution is -0.0759. The number of ether oxygens (including phenoxy) is 1. The third-order valence-electron chi connectivity index (χ3n) is 2.05. The van der Waals surface area contributed by atoms with E-state index in [1.54, 1.807) is 25.3 Å². The van der Waals surface area contributed by atoms with Crippen LogP contribution in [0.5, 0.6) is 5.75 Å². The summed E-state index contributed by atoms with van der Waals surface area (Å²) in [5.74, 6) is 0.744. The number of nitrogens with one attached hydrogen (secondary N) is 1. The lowest BCUT2D eigenvalue weighted by atomic mass is 10.1. The molecule has 4 heteroatoms. The first-order valence-electron chi connectivity index (χ1n) is 5.44. The average molecular weight is 234 g/mol. The van der Waals surface area contributed by atoms with Gasteiger partial charge in [-0.1, -0.05) is 0 Å². The molecule has 0 aliphatic rings. The number of nitrogens with zero attached hydrogens (tertiary/aromatic N) is 1. The largest absolute Gasteiger partial charge is 0.496 e. The maximum atomic E-state index is 8.84. The molecule has 0 atom stereocenters. The summed E-state index contributed by atoms with van der Waals surface area (Å²) in [6.07, 6.45) is 0. The van der Waals surface area contributed by atoms with Gasteiger partial charge in [-0.15, -0.1) is 0 Å². The van der Waals surface area contributed by atoms with Crippen LogP contribution in [0.15, 0.2) is 18.2 Å². The fourth-order valence-electron chi connectivity index (χ4n) is 1.32. The quantitative estimate of drug-likeness (QED) is 0.813. The smallest absolute Gasteiger partial charge is 0.123 e. The first-order valence-corrected chi connectivity index (χ1v) is 5.44. The van der Waals surface area contributed by atoms with E-state index in [0.29, 0.717) is 12.1 Å². The number of rotatable bonds is 4. The molecular weight excluding hydrogens is 216 g/mol. The van der Waals surface area contributed by atoms with Crippen molar-refractivity contribution in [1.29, 1.82) is 5.26 Å². The Bertz CT molecular complexity index is 416. The molecule has 92 valence electrons. The molecule has 0 saturated heterocycles. The van der Waals surface area contributed by atoms with Crippen molar-refractivity contribution in [1.82, 2.24) is 5.48 Å². The second-order valence-electron chi connectivity index (χ2n) is 4.67. The van der Waals surface area contributed by atoms with Crippen LogP contribution in [0.25, 0.3) is 0 Å². The predicted molar refractivity (Wildman–Crippen MR) is 65.4 cm³/mol. The van der Waals surface area contributed by atoms with E-state index < -0.39 is 0 Å². The van der Waals surface area contributed by atoms with Gasteiger partial charge in [0.15, 0.2) is 0 Å². The van der Waals surface area contributed by atoms with Crippen LogP contribution in [-0.2, 0) is 11.4 Å². The molecule has 1 aromatic rings. The monoisotopic (exact) mass is 234 g/mol. The Labute approximate surface area is 102 Å². The molecule has 0 heterocycles. The predicted octanol–water partition coefficient (Wildman–Crippen LogP) is 2.39. The minimum absolute atomic E-state index is 0.250. The van der Waals surface area contributed by atoms with Gasteiger partial charge in [-0.25, -0.2) is 0 Å². The summed E-state index contributed by atoms with van der Waals surface area (Å²) in [4.78, 5) is 5.42. The van der Waals surface area contributed by atoms with E-state index in [1.807, 2.05) is 20.8 Å². The normalized spacial score (nSPS) is 11.0. The van der Waals surface area contributed by atoms with Gasteiger partial charge in [0, 0.05) is 12.1 Å². The highest BCUT2D eigenvalue weighted by atomic mass is 16.7. The van der Waals surface area contributed by atoms with E-state index in [4.69, 9.17) is 14.8 Å². The average Bonchev–Trinajstić information content (AvgIpc) is 2.27. The van der Waals surface area contributed by atoms with Gasteiger partial charge in [-0.3, -0.25) is 4.84 Å². The van der Waals surface area contributed by atoms with E-state index in [2.05, 4.69) is 11.5 Å². The van der Waals surface area contributed by atoms with Crippen molar-refractivity contribution in [2.24, 2.45) is 0 Å². The van der Waals surface area contributed by atoms with E-state index in [9.17, 15) is 0 Å². The number of methoxy groups -OCH3 is 1. The second kappa shape index (κ2) is 5.67. The molecule has 17 heavy (non-hydrogen) atoms. The van der Waals surface area contributed by atoms with Gasteiger partial charge in [0.2, 0.25) is 0 Å². The fourth-order valence-corrected chi connectivity index (χ4v) is 1.32. The summed E-state index contributed by atoms with van der Waals surface area (Å²) in [6, 6.07) is 7.40. The van der Waals surface area contributed by atoms with Gasteiger partial charge >= 0.3 is 0 Å². The molecule has 0 radical (unpaired) electrons. The van der Waals surface area contributed by atoms with Crippen molar-refractivity contribution in [3.05, 3.63) is 29.3 Å². The Balaban J connectivity index is 2.72.